The molecule has 1 atom stereocenters. The molecular formula is C40H43ClN4O8S2. The van der Waals surface area contributed by atoms with E-state index in [1.807, 2.05) is 35.0 Å². The number of methoxy groups -OCH3 is 1. The predicted molar refractivity (Wildman–Crippen MR) is 213 cm³/mol. The number of ether oxygens (including phenoxy) is 2. The minimum absolute atomic E-state index is 0.0788. The van der Waals surface area contributed by atoms with Crippen LogP contribution in [0.15, 0.2) is 76.2 Å². The Morgan fingerprint density at radius 2 is 1.78 bits per heavy atom. The van der Waals surface area contributed by atoms with Gasteiger partial charge in [-0.15, -0.1) is 22.7 Å². The number of carboxylic acid groups (broad SMARTS) is 1. The Kier molecular flexibility index (Phi) is 11.7. The number of phenols is 1. The van der Waals surface area contributed by atoms with Gasteiger partial charge < -0.3 is 45.3 Å². The fraction of sp³-hybridized carbons (Fsp3) is 0.375. The lowest BCUT2D eigenvalue weighted by Crippen LogP contribution is -2.53. The third kappa shape index (κ3) is 8.17. The number of aliphatic hydroxyl groups excluding tert-OH is 1. The number of fused-ring (bicyclic) bond motifs is 1. The number of thiophene rings is 2. The molecule has 2 aliphatic rings. The maximum Gasteiger partial charge on any atom is 0.347 e. The summed E-state index contributed by atoms with van der Waals surface area (Å²) in [5.74, 6) is -0.714. The number of likely N-dealkylation sites (tertiary alicyclic amines) is 1. The smallest absolute Gasteiger partial charge is 0.347 e. The topological polar surface area (TPSA) is 173 Å². The summed E-state index contributed by atoms with van der Waals surface area (Å²) in [4.78, 5) is 43.8. The van der Waals surface area contributed by atoms with E-state index in [0.717, 1.165) is 44.3 Å². The zero-order valence-corrected chi connectivity index (χ0v) is 32.6. The number of aromatic hydroxyl groups is 1. The largest absolute Gasteiger partial charge is 0.506 e. The molecule has 4 heterocycles. The highest BCUT2D eigenvalue weighted by Crippen LogP contribution is 2.53. The van der Waals surface area contributed by atoms with E-state index in [9.17, 15) is 29.7 Å². The first-order valence-electron chi connectivity index (χ1n) is 18.1. The van der Waals surface area contributed by atoms with Gasteiger partial charge in [0.05, 0.1) is 45.3 Å². The van der Waals surface area contributed by atoms with Crippen molar-refractivity contribution in [1.82, 2.24) is 15.2 Å². The molecule has 1 amide bonds. The number of hydrogen-bond donors (Lipinski definition) is 6. The number of amides is 1. The van der Waals surface area contributed by atoms with Gasteiger partial charge in [0.2, 0.25) is 17.1 Å². The molecule has 290 valence electrons. The van der Waals surface area contributed by atoms with Crippen molar-refractivity contribution >= 4 is 62.7 Å². The molecule has 2 fully saturated rings. The summed E-state index contributed by atoms with van der Waals surface area (Å²) in [5.41, 5.74) is 0.266. The van der Waals surface area contributed by atoms with Gasteiger partial charge in [0.25, 0.3) is 0 Å². The number of phenolic OH excluding ortho intramolecular Hbond substituents is 1. The fourth-order valence-corrected chi connectivity index (χ4v) is 9.89. The lowest BCUT2D eigenvalue weighted by Gasteiger charge is -2.53. The van der Waals surface area contributed by atoms with Crippen LogP contribution in [0.1, 0.15) is 59.1 Å². The SMILES string of the molecule is COc1cc(NC(=O)CCN2CCC3(CC2)CC(OC(C(=O)O)(c2cccs2)c2cccs2)C3)c(Cl)cc1CNC[C@H](O)c1ccc(O)c2[nH]c(=O)ccc12. The van der Waals surface area contributed by atoms with Gasteiger partial charge in [-0.3, -0.25) is 9.59 Å². The van der Waals surface area contributed by atoms with Crippen molar-refractivity contribution in [2.75, 3.05) is 38.6 Å². The summed E-state index contributed by atoms with van der Waals surface area (Å²) in [5, 5.41) is 42.3. The zero-order chi connectivity index (χ0) is 38.7. The Labute approximate surface area is 330 Å². The van der Waals surface area contributed by atoms with E-state index in [0.29, 0.717) is 56.7 Å². The second-order valence-electron chi connectivity index (χ2n) is 14.3. The van der Waals surface area contributed by atoms with Crippen molar-refractivity contribution in [2.45, 2.75) is 56.5 Å². The molecule has 5 aromatic rings. The molecular weight excluding hydrogens is 764 g/mol. The number of aromatic amines is 1. The van der Waals surface area contributed by atoms with Gasteiger partial charge in [-0.2, -0.15) is 0 Å². The number of pyridine rings is 1. The minimum Gasteiger partial charge on any atom is -0.506 e. The first-order valence-corrected chi connectivity index (χ1v) is 20.3. The Bertz CT molecular complexity index is 2160. The van der Waals surface area contributed by atoms with Crippen LogP contribution >= 0.6 is 34.3 Å². The number of nitrogens with one attached hydrogen (secondary N) is 3. The number of carbonyl (C=O) groups is 2. The normalized spacial score (nSPS) is 16.6. The van der Waals surface area contributed by atoms with Crippen LogP contribution in [-0.2, 0) is 26.5 Å². The van der Waals surface area contributed by atoms with Crippen LogP contribution in [-0.4, -0.2) is 76.5 Å². The summed E-state index contributed by atoms with van der Waals surface area (Å²) >= 11 is 9.41. The highest BCUT2D eigenvalue weighted by molar-refractivity contribution is 7.12. The van der Waals surface area contributed by atoms with E-state index < -0.39 is 17.7 Å². The number of carboxylic acids is 1. The molecule has 7 rings (SSSR count). The van der Waals surface area contributed by atoms with Crippen molar-refractivity contribution in [2.24, 2.45) is 5.41 Å². The van der Waals surface area contributed by atoms with Crippen LogP contribution in [0.4, 0.5) is 5.69 Å². The summed E-state index contributed by atoms with van der Waals surface area (Å²) in [6, 6.07) is 16.8. The maximum atomic E-state index is 13.1. The standard InChI is InChI=1S/C40H43ClN4O8S2/c1-52-32-19-29(28(41)18-24(32)22-42-23-31(47)26-6-8-30(46)37-27(26)7-9-35(48)44-37)43-36(49)10-13-45-14-11-39(12-15-45)20-25(21-39)53-40(38(50)51,33-4-2-16-54-33)34-5-3-17-55-34/h2-9,16-19,25,31,42,46-47H,10-15,20-23H2,1H3,(H,43,49)(H,44,48)(H,50,51)/t31-/m0/s1. The Balaban J connectivity index is 0.876. The number of halogens is 1. The van der Waals surface area contributed by atoms with Crippen molar-refractivity contribution in [3.8, 4) is 11.5 Å². The van der Waals surface area contributed by atoms with Crippen LogP contribution < -0.4 is 20.9 Å². The van der Waals surface area contributed by atoms with Crippen molar-refractivity contribution < 1.29 is 34.4 Å². The van der Waals surface area contributed by atoms with Crippen LogP contribution in [0.25, 0.3) is 10.9 Å². The van der Waals surface area contributed by atoms with Gasteiger partial charge in [0, 0.05) is 49.1 Å². The molecule has 2 aromatic carbocycles. The van der Waals surface area contributed by atoms with E-state index in [-0.39, 0.29) is 40.8 Å². The number of aliphatic carboxylic acids is 1. The van der Waals surface area contributed by atoms with Crippen LogP contribution in [0.5, 0.6) is 11.5 Å². The molecule has 1 saturated heterocycles. The van der Waals surface area contributed by atoms with Crippen LogP contribution in [0, 0.1) is 5.41 Å². The number of hydrogen-bond acceptors (Lipinski definition) is 11. The van der Waals surface area contributed by atoms with Gasteiger partial charge in [-0.25, -0.2) is 4.79 Å². The lowest BCUT2D eigenvalue weighted by atomic mass is 9.61. The molecule has 0 bridgehead atoms. The Hall–Kier alpha value is -4.28. The van der Waals surface area contributed by atoms with E-state index in [4.69, 9.17) is 21.1 Å². The van der Waals surface area contributed by atoms with Crippen LogP contribution in [0.2, 0.25) is 5.02 Å². The number of benzene rings is 2. The van der Waals surface area contributed by atoms with Crippen LogP contribution in [0.3, 0.4) is 0 Å². The number of aliphatic hydroxyl groups is 1. The third-order valence-corrected chi connectivity index (χ3v) is 13.1. The number of aromatic nitrogens is 1. The quantitative estimate of drug-likeness (QED) is 0.0690. The van der Waals surface area contributed by atoms with E-state index in [2.05, 4.69) is 20.5 Å². The number of anilines is 1. The maximum absolute atomic E-state index is 13.1. The number of carbonyl (C=O) groups excluding carboxylic acids is 1. The highest BCUT2D eigenvalue weighted by atomic mass is 35.5. The van der Waals surface area contributed by atoms with Crippen molar-refractivity contribution in [3.63, 3.8) is 0 Å². The molecule has 12 nitrogen and oxygen atoms in total. The van der Waals surface area contributed by atoms with E-state index in [1.165, 1.54) is 41.9 Å². The molecule has 3 aromatic heterocycles. The second kappa shape index (κ2) is 16.4. The van der Waals surface area contributed by atoms with Gasteiger partial charge in [-0.05, 0) is 90.8 Å². The van der Waals surface area contributed by atoms with Crippen molar-refractivity contribution in [1.29, 1.82) is 0 Å². The molecule has 1 spiro atoms. The monoisotopic (exact) mass is 806 g/mol. The molecule has 55 heavy (non-hydrogen) atoms. The van der Waals surface area contributed by atoms with Gasteiger partial charge >= 0.3 is 5.97 Å². The first kappa shape index (κ1) is 39.0. The highest BCUT2D eigenvalue weighted by Gasteiger charge is 2.53. The first-order chi connectivity index (χ1) is 26.5. The summed E-state index contributed by atoms with van der Waals surface area (Å²) in [6.45, 7) is 2.79. The fourth-order valence-electron chi connectivity index (χ4n) is 7.85. The zero-order valence-electron chi connectivity index (χ0n) is 30.2. The average Bonchev–Trinajstić information content (AvgIpc) is 3.90. The summed E-state index contributed by atoms with van der Waals surface area (Å²) < 4.78 is 12.1. The summed E-state index contributed by atoms with van der Waals surface area (Å²) in [7, 11) is 1.53. The minimum atomic E-state index is -1.49. The molecule has 0 unspecified atom stereocenters. The molecule has 15 heteroatoms. The molecule has 1 aliphatic heterocycles. The second-order valence-corrected chi connectivity index (χ2v) is 16.6. The number of rotatable bonds is 15. The predicted octanol–water partition coefficient (Wildman–Crippen LogP) is 6.46. The average molecular weight is 807 g/mol. The lowest BCUT2D eigenvalue weighted by molar-refractivity contribution is -0.190. The molecule has 1 aliphatic carbocycles. The number of piperidine rings is 1. The molecule has 0 radical (unpaired) electrons. The van der Waals surface area contributed by atoms with Gasteiger partial charge in [0.1, 0.15) is 11.5 Å². The van der Waals surface area contributed by atoms with E-state index in [1.54, 1.807) is 24.3 Å². The number of H-pyrrole nitrogens is 1. The third-order valence-electron chi connectivity index (χ3n) is 10.8. The summed E-state index contributed by atoms with van der Waals surface area (Å²) in [6.07, 6.45) is 2.78. The molecule has 1 saturated carbocycles. The molecule has 6 N–H and O–H groups in total. The van der Waals surface area contributed by atoms with Crippen molar-refractivity contribution in [3.05, 3.63) is 108 Å². The Morgan fingerprint density at radius 1 is 1.07 bits per heavy atom. The van der Waals surface area contributed by atoms with Gasteiger partial charge in [-0.1, -0.05) is 29.8 Å². The van der Waals surface area contributed by atoms with Gasteiger partial charge in [0.15, 0.2) is 0 Å². The Morgan fingerprint density at radius 3 is 2.42 bits per heavy atom. The number of nitrogens with zero attached hydrogens (tertiary/aromatic N) is 1. The van der Waals surface area contributed by atoms with E-state index >= 15 is 0 Å².